The van der Waals surface area contributed by atoms with Crippen LogP contribution in [0.2, 0.25) is 0 Å². The molecule has 0 saturated heterocycles. The highest BCUT2D eigenvalue weighted by atomic mass is 16.7. The summed E-state index contributed by atoms with van der Waals surface area (Å²) in [6.45, 7) is 8.12. The lowest BCUT2D eigenvalue weighted by Crippen LogP contribution is -2.44. The van der Waals surface area contributed by atoms with Crippen LogP contribution in [0.15, 0.2) is 0 Å². The van der Waals surface area contributed by atoms with E-state index >= 15 is 0 Å². The molecule has 1 saturated carbocycles. The van der Waals surface area contributed by atoms with Crippen molar-refractivity contribution in [2.24, 2.45) is 0 Å². The van der Waals surface area contributed by atoms with Crippen molar-refractivity contribution in [3.05, 3.63) is 0 Å². The maximum absolute atomic E-state index is 5.75. The van der Waals surface area contributed by atoms with E-state index in [1.165, 1.54) is 0 Å². The molecule has 0 aromatic rings. The van der Waals surface area contributed by atoms with E-state index < -0.39 is 5.79 Å². The van der Waals surface area contributed by atoms with Gasteiger partial charge in [-0.15, -0.1) is 0 Å². The van der Waals surface area contributed by atoms with E-state index in [9.17, 15) is 0 Å². The van der Waals surface area contributed by atoms with Crippen molar-refractivity contribution in [2.75, 3.05) is 19.8 Å². The molecule has 0 radical (unpaired) electrons. The Morgan fingerprint density at radius 3 is 2.21 bits per heavy atom. The van der Waals surface area contributed by atoms with Crippen molar-refractivity contribution >= 4 is 0 Å². The highest BCUT2D eigenvalue weighted by Crippen LogP contribution is 2.36. The molecule has 3 heteroatoms. The fourth-order valence-corrected chi connectivity index (χ4v) is 2.19. The van der Waals surface area contributed by atoms with Gasteiger partial charge in [0.2, 0.25) is 0 Å². The van der Waals surface area contributed by atoms with Crippen LogP contribution in [-0.4, -0.2) is 31.7 Å². The molecule has 1 atom stereocenters. The van der Waals surface area contributed by atoms with E-state index in [4.69, 9.17) is 14.2 Å². The van der Waals surface area contributed by atoms with Crippen molar-refractivity contribution in [1.29, 1.82) is 0 Å². The normalized spacial score (nSPS) is 25.5. The van der Waals surface area contributed by atoms with Crippen molar-refractivity contribution in [1.82, 2.24) is 0 Å². The minimum absolute atomic E-state index is 0.118. The largest absolute Gasteiger partial charge is 0.373 e. The Labute approximate surface area is 86.7 Å². The predicted octanol–water partition coefficient (Wildman–Crippen LogP) is 2.34. The molecule has 0 heterocycles. The first-order chi connectivity index (χ1) is 6.79. The second-order valence-corrected chi connectivity index (χ2v) is 3.51. The monoisotopic (exact) mass is 202 g/mol. The molecule has 0 bridgehead atoms. The average molecular weight is 202 g/mol. The van der Waals surface area contributed by atoms with E-state index in [1.807, 2.05) is 20.8 Å². The van der Waals surface area contributed by atoms with Gasteiger partial charge < -0.3 is 14.2 Å². The first-order valence-corrected chi connectivity index (χ1v) is 5.68. The maximum Gasteiger partial charge on any atom is 0.194 e. The fourth-order valence-electron chi connectivity index (χ4n) is 2.19. The number of hydrogen-bond donors (Lipinski definition) is 0. The summed E-state index contributed by atoms with van der Waals surface area (Å²) in [7, 11) is 0. The summed E-state index contributed by atoms with van der Waals surface area (Å²) in [5, 5.41) is 0. The van der Waals surface area contributed by atoms with Crippen LogP contribution in [0.4, 0.5) is 0 Å². The molecule has 0 amide bonds. The van der Waals surface area contributed by atoms with Crippen LogP contribution < -0.4 is 0 Å². The number of rotatable bonds is 6. The molecule has 0 spiro atoms. The van der Waals surface area contributed by atoms with Crippen LogP contribution in [0, 0.1) is 0 Å². The lowest BCUT2D eigenvalue weighted by molar-refractivity contribution is -0.275. The summed E-state index contributed by atoms with van der Waals surface area (Å²) in [6.07, 6.45) is 3.25. The SMILES string of the molecule is CCOC1CCCC1(OCC)OCC. The zero-order valence-electron chi connectivity index (χ0n) is 9.54. The molecular formula is C11H22O3. The summed E-state index contributed by atoms with van der Waals surface area (Å²) in [5.74, 6) is -0.459. The molecule has 1 fully saturated rings. The van der Waals surface area contributed by atoms with Gasteiger partial charge in [-0.25, -0.2) is 0 Å². The third-order valence-electron chi connectivity index (χ3n) is 2.63. The van der Waals surface area contributed by atoms with Gasteiger partial charge in [-0.05, 0) is 33.6 Å². The Morgan fingerprint density at radius 1 is 1.07 bits per heavy atom. The Kier molecular flexibility index (Phi) is 4.85. The van der Waals surface area contributed by atoms with Gasteiger partial charge in [0.1, 0.15) is 6.10 Å². The molecular weight excluding hydrogens is 180 g/mol. The van der Waals surface area contributed by atoms with Gasteiger partial charge in [-0.2, -0.15) is 0 Å². The first-order valence-electron chi connectivity index (χ1n) is 5.68. The molecule has 14 heavy (non-hydrogen) atoms. The van der Waals surface area contributed by atoms with Crippen molar-refractivity contribution < 1.29 is 14.2 Å². The Balaban J connectivity index is 2.61. The lowest BCUT2D eigenvalue weighted by Gasteiger charge is -2.34. The third kappa shape index (κ3) is 2.47. The van der Waals surface area contributed by atoms with Crippen LogP contribution in [0.1, 0.15) is 40.0 Å². The second-order valence-electron chi connectivity index (χ2n) is 3.51. The van der Waals surface area contributed by atoms with Crippen LogP contribution in [0.5, 0.6) is 0 Å². The predicted molar refractivity (Wildman–Crippen MR) is 55.2 cm³/mol. The van der Waals surface area contributed by atoms with Gasteiger partial charge in [0.15, 0.2) is 5.79 Å². The van der Waals surface area contributed by atoms with E-state index in [-0.39, 0.29) is 6.10 Å². The summed E-state index contributed by atoms with van der Waals surface area (Å²) >= 11 is 0. The quantitative estimate of drug-likeness (QED) is 0.619. The topological polar surface area (TPSA) is 27.7 Å². The molecule has 0 aromatic heterocycles. The van der Waals surface area contributed by atoms with Crippen molar-refractivity contribution in [3.8, 4) is 0 Å². The zero-order chi connectivity index (χ0) is 10.4. The van der Waals surface area contributed by atoms with Crippen molar-refractivity contribution in [3.63, 3.8) is 0 Å². The van der Waals surface area contributed by atoms with Gasteiger partial charge in [-0.1, -0.05) is 0 Å². The maximum atomic E-state index is 5.75. The van der Waals surface area contributed by atoms with Gasteiger partial charge in [-0.3, -0.25) is 0 Å². The Bertz CT molecular complexity index is 153. The lowest BCUT2D eigenvalue weighted by atomic mass is 10.2. The van der Waals surface area contributed by atoms with Crippen LogP contribution in [0.3, 0.4) is 0 Å². The summed E-state index contributed by atoms with van der Waals surface area (Å²) < 4.78 is 17.2. The molecule has 84 valence electrons. The van der Waals surface area contributed by atoms with E-state index in [2.05, 4.69) is 0 Å². The molecule has 0 aromatic carbocycles. The van der Waals surface area contributed by atoms with Gasteiger partial charge in [0, 0.05) is 26.2 Å². The molecule has 0 N–H and O–H groups in total. The summed E-state index contributed by atoms with van der Waals surface area (Å²) in [5.41, 5.74) is 0. The molecule has 1 rings (SSSR count). The molecule has 1 aliphatic rings. The Hall–Kier alpha value is -0.120. The Morgan fingerprint density at radius 2 is 1.71 bits per heavy atom. The number of hydrogen-bond acceptors (Lipinski definition) is 3. The fraction of sp³-hybridized carbons (Fsp3) is 1.00. The third-order valence-corrected chi connectivity index (χ3v) is 2.63. The summed E-state index contributed by atoms with van der Waals surface area (Å²) in [6, 6.07) is 0. The first kappa shape index (κ1) is 12.0. The van der Waals surface area contributed by atoms with Gasteiger partial charge in [0.05, 0.1) is 0 Å². The van der Waals surface area contributed by atoms with Gasteiger partial charge >= 0.3 is 0 Å². The molecule has 3 nitrogen and oxygen atoms in total. The number of ether oxygens (including phenoxy) is 3. The van der Waals surface area contributed by atoms with Crippen LogP contribution in [0.25, 0.3) is 0 Å². The molecule has 0 aliphatic heterocycles. The average Bonchev–Trinajstić information content (AvgIpc) is 2.51. The molecule has 1 unspecified atom stereocenters. The highest BCUT2D eigenvalue weighted by molar-refractivity contribution is 4.87. The highest BCUT2D eigenvalue weighted by Gasteiger charge is 2.45. The summed E-state index contributed by atoms with van der Waals surface area (Å²) in [4.78, 5) is 0. The second kappa shape index (κ2) is 5.69. The van der Waals surface area contributed by atoms with Crippen LogP contribution in [-0.2, 0) is 14.2 Å². The van der Waals surface area contributed by atoms with E-state index in [0.29, 0.717) is 13.2 Å². The van der Waals surface area contributed by atoms with Crippen molar-refractivity contribution in [2.45, 2.75) is 51.9 Å². The van der Waals surface area contributed by atoms with E-state index in [0.717, 1.165) is 25.9 Å². The van der Waals surface area contributed by atoms with Crippen LogP contribution >= 0.6 is 0 Å². The van der Waals surface area contributed by atoms with Gasteiger partial charge in [0.25, 0.3) is 0 Å². The molecule has 1 aliphatic carbocycles. The smallest absolute Gasteiger partial charge is 0.194 e. The minimum atomic E-state index is -0.459. The van der Waals surface area contributed by atoms with E-state index in [1.54, 1.807) is 0 Å². The zero-order valence-corrected chi connectivity index (χ0v) is 9.54. The standard InChI is InChI=1S/C11H22O3/c1-4-12-10-8-7-9-11(10,13-5-2)14-6-3/h10H,4-9H2,1-3H3. The minimum Gasteiger partial charge on any atom is -0.373 e.